The Labute approximate surface area is 132 Å². The normalized spacial score (nSPS) is 14.8. The van der Waals surface area contributed by atoms with E-state index in [4.69, 9.17) is 15.7 Å². The first-order valence-electron chi connectivity index (χ1n) is 6.30. The average molecular weight is 338 g/mol. The SMILES string of the molecule is COC1=CC=C(C(=O)c2sc(S(C)(=O)=O)c(C#N)c2N)CC1. The van der Waals surface area contributed by atoms with E-state index in [2.05, 4.69) is 0 Å². The number of carbonyl (C=O) groups is 1. The minimum atomic E-state index is -3.61. The smallest absolute Gasteiger partial charge is 0.201 e. The zero-order valence-corrected chi connectivity index (χ0v) is 13.7. The van der Waals surface area contributed by atoms with Crippen LogP contribution in [0.15, 0.2) is 27.7 Å². The van der Waals surface area contributed by atoms with Crippen molar-refractivity contribution in [1.82, 2.24) is 0 Å². The van der Waals surface area contributed by atoms with Crippen LogP contribution in [0.25, 0.3) is 0 Å². The summed E-state index contributed by atoms with van der Waals surface area (Å²) in [5.74, 6) is 0.422. The van der Waals surface area contributed by atoms with Crippen LogP contribution >= 0.6 is 11.3 Å². The number of hydrogen-bond donors (Lipinski definition) is 1. The van der Waals surface area contributed by atoms with Crippen molar-refractivity contribution in [2.24, 2.45) is 0 Å². The zero-order valence-electron chi connectivity index (χ0n) is 12.0. The maximum Gasteiger partial charge on any atom is 0.201 e. The van der Waals surface area contributed by atoms with Gasteiger partial charge in [0, 0.05) is 18.2 Å². The molecule has 0 amide bonds. The maximum absolute atomic E-state index is 12.5. The van der Waals surface area contributed by atoms with Gasteiger partial charge >= 0.3 is 0 Å². The number of ketones is 1. The lowest BCUT2D eigenvalue weighted by atomic mass is 9.98. The number of carbonyl (C=O) groups excluding carboxylic acids is 1. The van der Waals surface area contributed by atoms with Crippen molar-refractivity contribution >= 4 is 32.6 Å². The molecule has 0 saturated carbocycles. The molecule has 0 unspecified atom stereocenters. The molecule has 2 rings (SSSR count). The molecule has 0 spiro atoms. The zero-order chi connectivity index (χ0) is 16.5. The van der Waals surface area contributed by atoms with Crippen molar-refractivity contribution in [3.05, 3.63) is 33.9 Å². The maximum atomic E-state index is 12.5. The Morgan fingerprint density at radius 1 is 1.41 bits per heavy atom. The molecule has 0 saturated heterocycles. The number of nitrogens with zero attached hydrogens (tertiary/aromatic N) is 1. The Balaban J connectivity index is 2.49. The van der Waals surface area contributed by atoms with Gasteiger partial charge in [-0.3, -0.25) is 4.79 Å². The molecule has 116 valence electrons. The molecule has 0 atom stereocenters. The molecule has 1 aromatic rings. The summed E-state index contributed by atoms with van der Waals surface area (Å²) >= 11 is 0.748. The monoisotopic (exact) mass is 338 g/mol. The predicted octanol–water partition coefficient (Wildman–Crippen LogP) is 2.04. The Hall–Kier alpha value is -2.11. The van der Waals surface area contributed by atoms with E-state index >= 15 is 0 Å². The number of anilines is 1. The van der Waals surface area contributed by atoms with Crippen LogP contribution in [0.2, 0.25) is 0 Å². The number of nitrogen functional groups attached to an aromatic ring is 1. The summed E-state index contributed by atoms with van der Waals surface area (Å²) < 4.78 is 28.3. The molecule has 1 aromatic heterocycles. The molecule has 1 heterocycles. The molecule has 1 aliphatic rings. The lowest BCUT2D eigenvalue weighted by Crippen LogP contribution is -2.07. The van der Waals surface area contributed by atoms with Gasteiger partial charge in [0.25, 0.3) is 0 Å². The summed E-state index contributed by atoms with van der Waals surface area (Å²) in [6, 6.07) is 1.77. The lowest BCUT2D eigenvalue weighted by molar-refractivity contribution is 0.103. The number of Topliss-reactive ketones (excluding diaryl/α,β-unsaturated/α-hetero) is 1. The third-order valence-electron chi connectivity index (χ3n) is 3.23. The molecule has 1 aliphatic carbocycles. The summed E-state index contributed by atoms with van der Waals surface area (Å²) in [4.78, 5) is 12.6. The van der Waals surface area contributed by atoms with E-state index in [1.165, 1.54) is 0 Å². The predicted molar refractivity (Wildman–Crippen MR) is 83.3 cm³/mol. The first kappa shape index (κ1) is 16.3. The van der Waals surface area contributed by atoms with E-state index in [9.17, 15) is 13.2 Å². The molecule has 0 radical (unpaired) electrons. The number of rotatable bonds is 4. The molecule has 2 N–H and O–H groups in total. The van der Waals surface area contributed by atoms with E-state index in [0.717, 1.165) is 23.4 Å². The molecule has 0 aliphatic heterocycles. The highest BCUT2D eigenvalue weighted by Gasteiger charge is 2.28. The van der Waals surface area contributed by atoms with Crippen molar-refractivity contribution in [2.45, 2.75) is 17.1 Å². The second-order valence-electron chi connectivity index (χ2n) is 4.75. The summed E-state index contributed by atoms with van der Waals surface area (Å²) in [5, 5.41) is 9.09. The van der Waals surface area contributed by atoms with Crippen LogP contribution in [-0.2, 0) is 14.6 Å². The number of ether oxygens (including phenoxy) is 1. The first-order valence-corrected chi connectivity index (χ1v) is 9.01. The van der Waals surface area contributed by atoms with Crippen LogP contribution < -0.4 is 5.73 Å². The lowest BCUT2D eigenvalue weighted by Gasteiger charge is -2.12. The van der Waals surface area contributed by atoms with Gasteiger partial charge in [0.1, 0.15) is 20.7 Å². The van der Waals surface area contributed by atoms with Crippen molar-refractivity contribution in [1.29, 1.82) is 5.26 Å². The van der Waals surface area contributed by atoms with Crippen molar-refractivity contribution < 1.29 is 17.9 Å². The summed E-state index contributed by atoms with van der Waals surface area (Å²) in [6.45, 7) is 0. The number of methoxy groups -OCH3 is 1. The van der Waals surface area contributed by atoms with Gasteiger partial charge in [0.2, 0.25) is 5.78 Å². The third-order valence-corrected chi connectivity index (χ3v) is 6.27. The number of thiophene rings is 1. The third kappa shape index (κ3) is 2.91. The average Bonchev–Trinajstić information content (AvgIpc) is 2.83. The van der Waals surface area contributed by atoms with Crippen LogP contribution in [0.5, 0.6) is 0 Å². The van der Waals surface area contributed by atoms with Gasteiger partial charge in [0.15, 0.2) is 9.84 Å². The molecule has 0 bridgehead atoms. The van der Waals surface area contributed by atoms with Crippen molar-refractivity contribution in [3.8, 4) is 6.07 Å². The van der Waals surface area contributed by atoms with Gasteiger partial charge < -0.3 is 10.5 Å². The van der Waals surface area contributed by atoms with Crippen LogP contribution in [-0.4, -0.2) is 27.6 Å². The molecule has 0 fully saturated rings. The molecular formula is C14H14N2O4S2. The molecule has 0 aromatic carbocycles. The summed E-state index contributed by atoms with van der Waals surface area (Å²) in [6.07, 6.45) is 5.38. The molecule has 22 heavy (non-hydrogen) atoms. The number of sulfone groups is 1. The van der Waals surface area contributed by atoms with Crippen LogP contribution in [0.4, 0.5) is 5.69 Å². The Morgan fingerprint density at radius 3 is 2.50 bits per heavy atom. The minimum absolute atomic E-state index is 0.0691. The van der Waals surface area contributed by atoms with Crippen molar-refractivity contribution in [3.63, 3.8) is 0 Å². The highest BCUT2D eigenvalue weighted by atomic mass is 32.2. The Bertz CT molecular complexity index is 839. The first-order chi connectivity index (χ1) is 10.3. The van der Waals surface area contributed by atoms with Crippen LogP contribution in [0, 0.1) is 11.3 Å². The fourth-order valence-corrected chi connectivity index (χ4v) is 4.34. The van der Waals surface area contributed by atoms with Crippen molar-refractivity contribution in [2.75, 3.05) is 19.1 Å². The fourth-order valence-electron chi connectivity index (χ4n) is 2.08. The highest BCUT2D eigenvalue weighted by molar-refractivity contribution is 7.92. The van der Waals surface area contributed by atoms with Crippen LogP contribution in [0.1, 0.15) is 28.1 Å². The molecular weight excluding hydrogens is 324 g/mol. The van der Waals surface area contributed by atoms with Gasteiger partial charge in [-0.1, -0.05) is 6.08 Å². The van der Waals surface area contributed by atoms with E-state index in [0.29, 0.717) is 18.4 Å². The van der Waals surface area contributed by atoms with Gasteiger partial charge in [-0.25, -0.2) is 8.42 Å². The second kappa shape index (κ2) is 5.94. The quantitative estimate of drug-likeness (QED) is 0.841. The Kier molecular flexibility index (Phi) is 4.39. The van der Waals surface area contributed by atoms with Gasteiger partial charge in [0.05, 0.1) is 18.6 Å². The van der Waals surface area contributed by atoms with E-state index in [1.54, 1.807) is 25.3 Å². The van der Waals surface area contributed by atoms with E-state index in [-0.39, 0.29) is 26.1 Å². The van der Waals surface area contributed by atoms with Gasteiger partial charge in [-0.2, -0.15) is 5.26 Å². The van der Waals surface area contributed by atoms with E-state index in [1.807, 2.05) is 0 Å². The topological polar surface area (TPSA) is 110 Å². The fraction of sp³-hybridized carbons (Fsp3) is 0.286. The van der Waals surface area contributed by atoms with E-state index < -0.39 is 9.84 Å². The standard InChI is InChI=1S/C14H14N2O4S2/c1-20-9-5-3-8(4-6-9)12(17)13-11(16)10(7-15)14(21-13)22(2,18)19/h3,5H,4,6,16H2,1-2H3. The Morgan fingerprint density at radius 2 is 2.09 bits per heavy atom. The highest BCUT2D eigenvalue weighted by Crippen LogP contribution is 2.36. The van der Waals surface area contributed by atoms with Crippen LogP contribution in [0.3, 0.4) is 0 Å². The molecule has 6 nitrogen and oxygen atoms in total. The number of allylic oxidation sites excluding steroid dienone is 4. The minimum Gasteiger partial charge on any atom is -0.501 e. The number of nitrogens with two attached hydrogens (primary N) is 1. The van der Waals surface area contributed by atoms with Gasteiger partial charge in [-0.05, 0) is 12.5 Å². The largest absolute Gasteiger partial charge is 0.501 e. The van der Waals surface area contributed by atoms with Gasteiger partial charge in [-0.15, -0.1) is 11.3 Å². The molecule has 8 heteroatoms. The number of nitriles is 1. The summed E-state index contributed by atoms with van der Waals surface area (Å²) in [5.41, 5.74) is 6.10. The summed E-state index contributed by atoms with van der Waals surface area (Å²) in [7, 11) is -2.05. The second-order valence-corrected chi connectivity index (χ2v) is 7.98. The number of hydrogen-bond acceptors (Lipinski definition) is 7.